The zero-order valence-electron chi connectivity index (χ0n) is 13.7. The number of benzene rings is 1. The van der Waals surface area contributed by atoms with E-state index in [1.807, 2.05) is 31.2 Å². The Labute approximate surface area is 142 Å². The van der Waals surface area contributed by atoms with Gasteiger partial charge in [-0.3, -0.25) is 10.3 Å². The second-order valence-electron chi connectivity index (χ2n) is 5.22. The van der Waals surface area contributed by atoms with Gasteiger partial charge in [0.2, 0.25) is 0 Å². The number of rotatable bonds is 6. The Hall–Kier alpha value is -1.70. The zero-order chi connectivity index (χ0) is 16.5. The highest BCUT2D eigenvalue weighted by Crippen LogP contribution is 2.17. The van der Waals surface area contributed by atoms with Gasteiger partial charge >= 0.3 is 0 Å². The van der Waals surface area contributed by atoms with Crippen LogP contribution in [0.25, 0.3) is 0 Å². The molecule has 1 heterocycles. The number of hydrogen-bond acceptors (Lipinski definition) is 5. The van der Waals surface area contributed by atoms with Crippen LogP contribution in [0.4, 0.5) is 0 Å². The minimum Gasteiger partial charge on any atom is -0.496 e. The topological polar surface area (TPSA) is 58.1 Å². The number of methoxy groups -OCH3 is 1. The highest BCUT2D eigenvalue weighted by Gasteiger charge is 2.09. The van der Waals surface area contributed by atoms with Gasteiger partial charge in [-0.25, -0.2) is 0 Å². The lowest BCUT2D eigenvalue weighted by molar-refractivity contribution is 0.0389. The van der Waals surface area contributed by atoms with E-state index >= 15 is 0 Å². The number of nitrogens with one attached hydrogen (secondary N) is 2. The lowest BCUT2D eigenvalue weighted by atomic mass is 10.1. The van der Waals surface area contributed by atoms with E-state index in [2.05, 4.69) is 20.7 Å². The quantitative estimate of drug-likeness (QED) is 0.463. The highest BCUT2D eigenvalue weighted by atomic mass is 32.1. The third-order valence-corrected chi connectivity index (χ3v) is 3.87. The van der Waals surface area contributed by atoms with Crippen molar-refractivity contribution in [3.8, 4) is 5.75 Å². The van der Waals surface area contributed by atoms with Gasteiger partial charge in [-0.1, -0.05) is 12.1 Å². The molecule has 1 saturated heterocycles. The molecule has 0 spiro atoms. The number of hydrazone groups is 1. The summed E-state index contributed by atoms with van der Waals surface area (Å²) in [6.07, 6.45) is 0. The van der Waals surface area contributed by atoms with E-state index in [9.17, 15) is 0 Å². The monoisotopic (exact) mass is 336 g/mol. The lowest BCUT2D eigenvalue weighted by Crippen LogP contribution is -2.42. The molecule has 23 heavy (non-hydrogen) atoms. The molecule has 0 saturated carbocycles. The van der Waals surface area contributed by atoms with Crippen LogP contribution in [-0.4, -0.2) is 62.2 Å². The molecule has 2 N–H and O–H groups in total. The van der Waals surface area contributed by atoms with Crippen LogP contribution in [0.1, 0.15) is 12.5 Å². The maximum absolute atomic E-state index is 5.33. The van der Waals surface area contributed by atoms with E-state index in [-0.39, 0.29) is 0 Å². The number of ether oxygens (including phenoxy) is 2. The van der Waals surface area contributed by atoms with Gasteiger partial charge in [0.1, 0.15) is 5.75 Å². The van der Waals surface area contributed by atoms with Crippen LogP contribution in [0.5, 0.6) is 5.75 Å². The fraction of sp³-hybridized carbons (Fsp3) is 0.500. The second-order valence-corrected chi connectivity index (χ2v) is 5.63. The molecule has 1 fully saturated rings. The molecule has 6 nitrogen and oxygen atoms in total. The molecule has 0 amide bonds. The number of thiocarbonyl (C=S) groups is 1. The molecule has 126 valence electrons. The molecular formula is C16H24N4O2S. The van der Waals surface area contributed by atoms with Crippen molar-refractivity contribution in [2.75, 3.05) is 46.5 Å². The van der Waals surface area contributed by atoms with Gasteiger partial charge in [-0.15, -0.1) is 0 Å². The van der Waals surface area contributed by atoms with E-state index in [0.29, 0.717) is 5.11 Å². The van der Waals surface area contributed by atoms with Gasteiger partial charge in [0, 0.05) is 31.7 Å². The first-order valence-corrected chi connectivity index (χ1v) is 8.13. The van der Waals surface area contributed by atoms with E-state index in [1.54, 1.807) is 7.11 Å². The van der Waals surface area contributed by atoms with Crippen LogP contribution in [-0.2, 0) is 4.74 Å². The number of para-hydroxylation sites is 1. The van der Waals surface area contributed by atoms with Crippen molar-refractivity contribution in [1.29, 1.82) is 0 Å². The van der Waals surface area contributed by atoms with Gasteiger partial charge in [0.25, 0.3) is 0 Å². The van der Waals surface area contributed by atoms with Crippen LogP contribution >= 0.6 is 12.2 Å². The molecule has 1 aliphatic rings. The van der Waals surface area contributed by atoms with Crippen LogP contribution in [0, 0.1) is 0 Å². The summed E-state index contributed by atoms with van der Waals surface area (Å²) in [5, 5.41) is 8.00. The van der Waals surface area contributed by atoms with Crippen molar-refractivity contribution in [2.45, 2.75) is 6.92 Å². The largest absolute Gasteiger partial charge is 0.496 e. The lowest BCUT2D eigenvalue weighted by Gasteiger charge is -2.26. The standard InChI is InChI=1S/C16H24N4O2S/c1-13(14-5-3-4-6-15(14)21-2)18-19-16(23)17-7-8-20-9-11-22-12-10-20/h3-6H,7-12H2,1-2H3,(H2,17,19,23)/b18-13-. The average molecular weight is 336 g/mol. The summed E-state index contributed by atoms with van der Waals surface area (Å²) in [5.41, 5.74) is 4.64. The molecule has 0 atom stereocenters. The van der Waals surface area contributed by atoms with Crippen molar-refractivity contribution >= 4 is 23.0 Å². The van der Waals surface area contributed by atoms with Crippen LogP contribution in [0.15, 0.2) is 29.4 Å². The van der Waals surface area contributed by atoms with Gasteiger partial charge in [-0.2, -0.15) is 5.10 Å². The average Bonchev–Trinajstić information content (AvgIpc) is 2.60. The molecule has 7 heteroatoms. The zero-order valence-corrected chi connectivity index (χ0v) is 14.5. The predicted molar refractivity (Wildman–Crippen MR) is 96.2 cm³/mol. The van der Waals surface area contributed by atoms with Crippen molar-refractivity contribution in [3.63, 3.8) is 0 Å². The van der Waals surface area contributed by atoms with E-state index in [1.165, 1.54) is 0 Å². The van der Waals surface area contributed by atoms with Gasteiger partial charge < -0.3 is 14.8 Å². The number of nitrogens with zero attached hydrogens (tertiary/aromatic N) is 2. The first-order valence-electron chi connectivity index (χ1n) is 7.72. The molecule has 0 unspecified atom stereocenters. The summed E-state index contributed by atoms with van der Waals surface area (Å²) >= 11 is 5.25. The first kappa shape index (κ1) is 17.7. The second kappa shape index (κ2) is 9.44. The molecule has 0 radical (unpaired) electrons. The SMILES string of the molecule is COc1ccccc1/C(C)=N\NC(=S)NCCN1CCOCC1. The fourth-order valence-electron chi connectivity index (χ4n) is 2.33. The van der Waals surface area contributed by atoms with Gasteiger partial charge in [0.05, 0.1) is 26.0 Å². The Morgan fingerprint density at radius 2 is 2.09 bits per heavy atom. The third kappa shape index (κ3) is 5.78. The molecular weight excluding hydrogens is 312 g/mol. The Morgan fingerprint density at radius 3 is 2.83 bits per heavy atom. The first-order chi connectivity index (χ1) is 11.2. The summed E-state index contributed by atoms with van der Waals surface area (Å²) in [6, 6.07) is 7.76. The Bertz CT molecular complexity index is 545. The summed E-state index contributed by atoms with van der Waals surface area (Å²) in [7, 11) is 1.65. The summed E-state index contributed by atoms with van der Waals surface area (Å²) in [4.78, 5) is 2.35. The van der Waals surface area contributed by atoms with E-state index < -0.39 is 0 Å². The van der Waals surface area contributed by atoms with Gasteiger partial charge in [-0.05, 0) is 31.3 Å². The number of morpholine rings is 1. The molecule has 1 aromatic rings. The summed E-state index contributed by atoms with van der Waals surface area (Å²) in [6.45, 7) is 7.23. The van der Waals surface area contributed by atoms with Crippen molar-refractivity contribution < 1.29 is 9.47 Å². The Balaban J connectivity index is 1.76. The molecule has 2 rings (SSSR count). The van der Waals surface area contributed by atoms with Crippen LogP contribution in [0.3, 0.4) is 0 Å². The Kier molecular flexibility index (Phi) is 7.25. The molecule has 0 aliphatic carbocycles. The maximum Gasteiger partial charge on any atom is 0.187 e. The van der Waals surface area contributed by atoms with Crippen molar-refractivity contribution in [3.05, 3.63) is 29.8 Å². The molecule has 0 aromatic heterocycles. The highest BCUT2D eigenvalue weighted by molar-refractivity contribution is 7.80. The molecule has 1 aromatic carbocycles. The Morgan fingerprint density at radius 1 is 1.35 bits per heavy atom. The van der Waals surface area contributed by atoms with Crippen LogP contribution in [0.2, 0.25) is 0 Å². The summed E-state index contributed by atoms with van der Waals surface area (Å²) < 4.78 is 10.7. The van der Waals surface area contributed by atoms with Gasteiger partial charge in [0.15, 0.2) is 5.11 Å². The summed E-state index contributed by atoms with van der Waals surface area (Å²) in [5.74, 6) is 0.793. The fourth-order valence-corrected chi connectivity index (χ4v) is 2.48. The maximum atomic E-state index is 5.33. The minimum absolute atomic E-state index is 0.521. The van der Waals surface area contributed by atoms with Crippen molar-refractivity contribution in [2.24, 2.45) is 5.10 Å². The van der Waals surface area contributed by atoms with Crippen LogP contribution < -0.4 is 15.5 Å². The minimum atomic E-state index is 0.521. The van der Waals surface area contributed by atoms with Crippen molar-refractivity contribution in [1.82, 2.24) is 15.6 Å². The van der Waals surface area contributed by atoms with E-state index in [4.69, 9.17) is 21.7 Å². The van der Waals surface area contributed by atoms with E-state index in [0.717, 1.165) is 56.4 Å². The smallest absolute Gasteiger partial charge is 0.187 e. The molecule has 1 aliphatic heterocycles. The number of hydrogen-bond donors (Lipinski definition) is 2. The molecule has 0 bridgehead atoms. The normalized spacial score (nSPS) is 16.0. The third-order valence-electron chi connectivity index (χ3n) is 3.64. The predicted octanol–water partition coefficient (Wildman–Crippen LogP) is 1.22.